The predicted octanol–water partition coefficient (Wildman–Crippen LogP) is 13.8. The molecule has 0 fully saturated rings. The molecular formula is C55H34N2. The molecule has 0 radical (unpaired) electrons. The highest BCUT2D eigenvalue weighted by molar-refractivity contribution is 6.04. The largest absolute Gasteiger partial charge is 0.231 e. The van der Waals surface area contributed by atoms with Gasteiger partial charge in [-0.1, -0.05) is 194 Å². The number of rotatable bonds is 4. The molecule has 1 unspecified atom stereocenters. The zero-order valence-electron chi connectivity index (χ0n) is 31.0. The Kier molecular flexibility index (Phi) is 6.88. The van der Waals surface area contributed by atoms with Gasteiger partial charge in [0.2, 0.25) is 0 Å². The molecule has 2 aliphatic rings. The summed E-state index contributed by atoms with van der Waals surface area (Å²) in [6.45, 7) is 0. The van der Waals surface area contributed by atoms with Crippen LogP contribution in [0.15, 0.2) is 206 Å². The van der Waals surface area contributed by atoms with E-state index in [2.05, 4.69) is 206 Å². The van der Waals surface area contributed by atoms with Crippen LogP contribution in [0.25, 0.3) is 88.7 Å². The zero-order chi connectivity index (χ0) is 37.5. The lowest BCUT2D eigenvalue weighted by molar-refractivity contribution is 0.758. The van der Waals surface area contributed by atoms with Crippen LogP contribution in [-0.2, 0) is 5.41 Å². The van der Waals surface area contributed by atoms with E-state index in [1.54, 1.807) is 0 Å². The van der Waals surface area contributed by atoms with Gasteiger partial charge >= 0.3 is 0 Å². The number of aromatic nitrogens is 2. The summed E-state index contributed by atoms with van der Waals surface area (Å²) in [6.07, 6.45) is 0. The Bertz CT molecular complexity index is 3230. The van der Waals surface area contributed by atoms with Crippen LogP contribution in [0.4, 0.5) is 0 Å². The van der Waals surface area contributed by atoms with Gasteiger partial charge in [0.15, 0.2) is 5.82 Å². The fourth-order valence-corrected chi connectivity index (χ4v) is 9.71. The van der Waals surface area contributed by atoms with Gasteiger partial charge in [-0.25, -0.2) is 9.97 Å². The smallest absolute Gasteiger partial charge is 0.160 e. The molecule has 0 saturated heterocycles. The van der Waals surface area contributed by atoms with Crippen molar-refractivity contribution in [2.24, 2.45) is 0 Å². The molecule has 2 aliphatic carbocycles. The average Bonchev–Trinajstić information content (AvgIpc) is 3.76. The van der Waals surface area contributed by atoms with E-state index in [0.29, 0.717) is 0 Å². The van der Waals surface area contributed by atoms with Crippen molar-refractivity contribution >= 4 is 21.5 Å². The van der Waals surface area contributed by atoms with Gasteiger partial charge in [0.1, 0.15) is 0 Å². The van der Waals surface area contributed by atoms with Gasteiger partial charge < -0.3 is 0 Å². The molecule has 9 aromatic carbocycles. The standard InChI is InChI=1S/C55H34N2/c1-2-15-39(16-3-1)54-56-52(46-22-12-18-38-14-6-7-19-43(38)46)51-47-21-9-11-24-49(47)55(53(51)57-54)48-23-10-8-20-44(48)45-32-31-42(34-50(45)55)37-27-25-36(26-28-37)41-30-29-35-13-4-5-17-40(35)33-41/h1-34H. The minimum absolute atomic E-state index is 0.648. The molecule has 0 saturated carbocycles. The summed E-state index contributed by atoms with van der Waals surface area (Å²) in [7, 11) is 0. The lowest BCUT2D eigenvalue weighted by Gasteiger charge is -2.30. The highest BCUT2D eigenvalue weighted by Gasteiger charge is 2.54. The third-order valence-electron chi connectivity index (χ3n) is 12.3. The third kappa shape index (κ3) is 4.65. The van der Waals surface area contributed by atoms with Crippen LogP contribution in [0.3, 0.4) is 0 Å². The number of benzene rings is 9. The van der Waals surface area contributed by atoms with E-state index in [0.717, 1.165) is 33.9 Å². The van der Waals surface area contributed by atoms with Gasteiger partial charge in [-0.15, -0.1) is 0 Å². The van der Waals surface area contributed by atoms with Crippen LogP contribution < -0.4 is 0 Å². The Labute approximate surface area is 331 Å². The molecule has 1 aromatic heterocycles. The first-order valence-electron chi connectivity index (χ1n) is 19.7. The van der Waals surface area contributed by atoms with Gasteiger partial charge in [-0.3, -0.25) is 0 Å². The Morgan fingerprint density at radius 2 is 0.877 bits per heavy atom. The van der Waals surface area contributed by atoms with Crippen molar-refractivity contribution in [3.63, 3.8) is 0 Å². The molecule has 12 rings (SSSR count). The highest BCUT2D eigenvalue weighted by atomic mass is 14.9. The molecule has 10 aromatic rings. The van der Waals surface area contributed by atoms with E-state index in [1.165, 1.54) is 77.2 Å². The fourth-order valence-electron chi connectivity index (χ4n) is 9.71. The molecule has 0 bridgehead atoms. The summed E-state index contributed by atoms with van der Waals surface area (Å²) in [4.78, 5) is 11.2. The molecule has 0 N–H and O–H groups in total. The van der Waals surface area contributed by atoms with Crippen LogP contribution >= 0.6 is 0 Å². The van der Waals surface area contributed by atoms with E-state index in [9.17, 15) is 0 Å². The topological polar surface area (TPSA) is 25.8 Å². The van der Waals surface area contributed by atoms with Gasteiger partial charge in [-0.2, -0.15) is 0 Å². The second-order valence-corrected chi connectivity index (χ2v) is 15.3. The monoisotopic (exact) mass is 722 g/mol. The van der Waals surface area contributed by atoms with Crippen molar-refractivity contribution in [1.82, 2.24) is 9.97 Å². The second kappa shape index (κ2) is 12.3. The maximum absolute atomic E-state index is 5.70. The van der Waals surface area contributed by atoms with Crippen molar-refractivity contribution in [3.05, 3.63) is 229 Å². The van der Waals surface area contributed by atoms with Crippen LogP contribution in [0, 0.1) is 0 Å². The predicted molar refractivity (Wildman–Crippen MR) is 235 cm³/mol. The zero-order valence-corrected chi connectivity index (χ0v) is 31.0. The molecule has 57 heavy (non-hydrogen) atoms. The molecule has 0 aliphatic heterocycles. The maximum atomic E-state index is 5.70. The SMILES string of the molecule is c1ccc(-c2nc(-c3cccc4ccccc34)c3c(n2)C2(c4ccccc4-c4ccc(-c5ccc(-c6ccc7ccccc7c6)cc5)cc42)c2ccccc2-3)cc1. The molecule has 1 atom stereocenters. The van der Waals surface area contributed by atoms with Crippen LogP contribution in [0.5, 0.6) is 0 Å². The van der Waals surface area contributed by atoms with E-state index in [1.807, 2.05) is 0 Å². The molecule has 264 valence electrons. The summed E-state index contributed by atoms with van der Waals surface area (Å²) in [5.41, 5.74) is 16.8. The Balaban J connectivity index is 1.11. The molecule has 1 heterocycles. The first-order chi connectivity index (χ1) is 28.3. The number of fused-ring (bicyclic) bond motifs is 12. The van der Waals surface area contributed by atoms with Crippen LogP contribution in [-0.4, -0.2) is 9.97 Å². The van der Waals surface area contributed by atoms with Gasteiger partial charge in [0.05, 0.1) is 16.8 Å². The van der Waals surface area contributed by atoms with Gasteiger partial charge in [0.25, 0.3) is 0 Å². The van der Waals surface area contributed by atoms with Crippen molar-refractivity contribution in [3.8, 4) is 67.2 Å². The Morgan fingerprint density at radius 1 is 0.316 bits per heavy atom. The lowest BCUT2D eigenvalue weighted by atomic mass is 9.72. The third-order valence-corrected chi connectivity index (χ3v) is 12.3. The van der Waals surface area contributed by atoms with Crippen molar-refractivity contribution in [1.29, 1.82) is 0 Å². The average molecular weight is 723 g/mol. The quantitative estimate of drug-likeness (QED) is 0.181. The first-order valence-corrected chi connectivity index (χ1v) is 19.7. The highest BCUT2D eigenvalue weighted by Crippen LogP contribution is 2.64. The second-order valence-electron chi connectivity index (χ2n) is 15.3. The van der Waals surface area contributed by atoms with E-state index in [4.69, 9.17) is 9.97 Å². The number of nitrogens with zero attached hydrogens (tertiary/aromatic N) is 2. The number of hydrogen-bond acceptors (Lipinski definition) is 2. The van der Waals surface area contributed by atoms with E-state index in [-0.39, 0.29) is 0 Å². The van der Waals surface area contributed by atoms with Crippen LogP contribution in [0.2, 0.25) is 0 Å². The van der Waals surface area contributed by atoms with Gasteiger partial charge in [0, 0.05) is 16.7 Å². The van der Waals surface area contributed by atoms with Crippen LogP contribution in [0.1, 0.15) is 22.4 Å². The molecule has 2 nitrogen and oxygen atoms in total. The molecule has 1 spiro atoms. The maximum Gasteiger partial charge on any atom is 0.160 e. The summed E-state index contributed by atoms with van der Waals surface area (Å²) in [5, 5.41) is 4.88. The van der Waals surface area contributed by atoms with Crippen molar-refractivity contribution in [2.75, 3.05) is 0 Å². The summed E-state index contributed by atoms with van der Waals surface area (Å²) >= 11 is 0. The first kappa shape index (κ1) is 31.9. The summed E-state index contributed by atoms with van der Waals surface area (Å²) in [6, 6.07) is 75.0. The molecule has 2 heteroatoms. The van der Waals surface area contributed by atoms with Crippen molar-refractivity contribution < 1.29 is 0 Å². The number of hydrogen-bond donors (Lipinski definition) is 0. The van der Waals surface area contributed by atoms with E-state index >= 15 is 0 Å². The fraction of sp³-hybridized carbons (Fsp3) is 0.0182. The molecule has 0 amide bonds. The van der Waals surface area contributed by atoms with E-state index < -0.39 is 5.41 Å². The normalized spacial score (nSPS) is 14.7. The summed E-state index contributed by atoms with van der Waals surface area (Å²) < 4.78 is 0. The van der Waals surface area contributed by atoms with Gasteiger partial charge in [-0.05, 0) is 89.3 Å². The minimum atomic E-state index is -0.648. The Hall–Kier alpha value is -7.42. The molecular weight excluding hydrogens is 689 g/mol. The van der Waals surface area contributed by atoms with Crippen molar-refractivity contribution in [2.45, 2.75) is 5.41 Å². The Morgan fingerprint density at radius 3 is 1.68 bits per heavy atom. The lowest BCUT2D eigenvalue weighted by Crippen LogP contribution is -2.27. The minimum Gasteiger partial charge on any atom is -0.231 e. The summed E-state index contributed by atoms with van der Waals surface area (Å²) in [5.74, 6) is 0.732.